The molecule has 1 aliphatic rings. The molecule has 4 rings (SSSR count). The monoisotopic (exact) mass is 372 g/mol. The van der Waals surface area contributed by atoms with Gasteiger partial charge in [0.25, 0.3) is 5.91 Å². The van der Waals surface area contributed by atoms with Crippen molar-refractivity contribution in [1.82, 2.24) is 5.32 Å². The van der Waals surface area contributed by atoms with E-state index in [0.717, 1.165) is 27.6 Å². The van der Waals surface area contributed by atoms with E-state index in [1.165, 1.54) is 11.1 Å². The van der Waals surface area contributed by atoms with Gasteiger partial charge in [0.15, 0.2) is 0 Å². The van der Waals surface area contributed by atoms with Crippen LogP contribution >= 0.6 is 0 Å². The molecule has 0 fully saturated rings. The number of aryl methyl sites for hydroxylation is 3. The molecule has 0 saturated heterocycles. The van der Waals surface area contributed by atoms with Crippen LogP contribution < -0.4 is 10.2 Å². The number of carbonyl (C=O) groups is 2. The van der Waals surface area contributed by atoms with Gasteiger partial charge in [0.1, 0.15) is 6.54 Å². The lowest BCUT2D eigenvalue weighted by Crippen LogP contribution is -2.40. The third kappa shape index (κ3) is 2.95. The molecule has 3 aromatic carbocycles. The van der Waals surface area contributed by atoms with Gasteiger partial charge < -0.3 is 5.32 Å². The van der Waals surface area contributed by atoms with Gasteiger partial charge in [-0.1, -0.05) is 36.4 Å². The molecule has 4 heteroatoms. The quantitative estimate of drug-likeness (QED) is 0.727. The summed E-state index contributed by atoms with van der Waals surface area (Å²) < 4.78 is 0. The van der Waals surface area contributed by atoms with E-state index < -0.39 is 0 Å². The van der Waals surface area contributed by atoms with Crippen molar-refractivity contribution in [3.05, 3.63) is 76.3 Å². The Hall–Kier alpha value is -3.14. The summed E-state index contributed by atoms with van der Waals surface area (Å²) in [5.41, 5.74) is 6.19. The van der Waals surface area contributed by atoms with Gasteiger partial charge >= 0.3 is 0 Å². The first-order valence-corrected chi connectivity index (χ1v) is 9.57. The molecule has 4 nitrogen and oxygen atoms in total. The molecular formula is C24H24N2O2. The minimum atomic E-state index is -0.164. The first-order chi connectivity index (χ1) is 13.4. The molecule has 1 aliphatic heterocycles. The number of rotatable bonds is 4. The van der Waals surface area contributed by atoms with E-state index in [2.05, 4.69) is 38.2 Å². The van der Waals surface area contributed by atoms with Crippen LogP contribution in [0, 0.1) is 20.8 Å². The van der Waals surface area contributed by atoms with Crippen molar-refractivity contribution in [2.45, 2.75) is 33.7 Å². The summed E-state index contributed by atoms with van der Waals surface area (Å²) in [6.45, 7) is 8.23. The molecule has 1 N–H and O–H groups in total. The summed E-state index contributed by atoms with van der Waals surface area (Å²) >= 11 is 0. The lowest BCUT2D eigenvalue weighted by atomic mass is 9.96. The Morgan fingerprint density at radius 3 is 2.43 bits per heavy atom. The van der Waals surface area contributed by atoms with Gasteiger partial charge in [-0.3, -0.25) is 14.5 Å². The van der Waals surface area contributed by atoms with Crippen molar-refractivity contribution in [2.75, 3.05) is 11.4 Å². The molecule has 28 heavy (non-hydrogen) atoms. The van der Waals surface area contributed by atoms with E-state index in [1.807, 2.05) is 43.3 Å². The molecule has 2 amide bonds. The Morgan fingerprint density at radius 1 is 1.00 bits per heavy atom. The number of nitrogens with one attached hydrogen (secondary N) is 1. The van der Waals surface area contributed by atoms with Crippen LogP contribution in [-0.4, -0.2) is 18.4 Å². The van der Waals surface area contributed by atoms with Crippen LogP contribution in [0.4, 0.5) is 5.69 Å². The van der Waals surface area contributed by atoms with Crippen LogP contribution in [0.1, 0.15) is 45.6 Å². The fourth-order valence-electron chi connectivity index (χ4n) is 4.09. The van der Waals surface area contributed by atoms with Gasteiger partial charge in [-0.05, 0) is 67.5 Å². The molecule has 0 aromatic heterocycles. The number of anilines is 1. The molecule has 3 aromatic rings. The van der Waals surface area contributed by atoms with Crippen molar-refractivity contribution in [1.29, 1.82) is 0 Å². The van der Waals surface area contributed by atoms with E-state index >= 15 is 0 Å². The van der Waals surface area contributed by atoms with Crippen molar-refractivity contribution in [2.24, 2.45) is 0 Å². The lowest BCUT2D eigenvalue weighted by Gasteiger charge is -2.21. The van der Waals surface area contributed by atoms with E-state index in [0.29, 0.717) is 5.56 Å². The zero-order chi connectivity index (χ0) is 20.0. The number of nitrogens with zero attached hydrogens (tertiary/aromatic N) is 1. The topological polar surface area (TPSA) is 49.4 Å². The predicted molar refractivity (Wildman–Crippen MR) is 113 cm³/mol. The van der Waals surface area contributed by atoms with E-state index in [9.17, 15) is 9.59 Å². The highest BCUT2D eigenvalue weighted by atomic mass is 16.2. The number of amides is 2. The average Bonchev–Trinajstić information content (AvgIpc) is 2.92. The van der Waals surface area contributed by atoms with Crippen LogP contribution in [0.3, 0.4) is 0 Å². The summed E-state index contributed by atoms with van der Waals surface area (Å²) in [6, 6.07) is 15.7. The van der Waals surface area contributed by atoms with Crippen molar-refractivity contribution >= 4 is 28.3 Å². The Morgan fingerprint density at radius 2 is 1.68 bits per heavy atom. The number of carbonyl (C=O) groups excluding carboxylic acids is 2. The van der Waals surface area contributed by atoms with Gasteiger partial charge in [-0.2, -0.15) is 0 Å². The minimum Gasteiger partial charge on any atom is -0.348 e. The standard InChI is InChI=1S/C24H24N2O2/c1-14-11-16(3)20(12-15(14)2)17(4)25-22(27)13-26-21-10-6-8-18-7-5-9-19(23(18)21)24(26)28/h5-12,17H,13H2,1-4H3,(H,25,27). The fraction of sp³-hybridized carbons (Fsp3) is 0.250. The van der Waals surface area contributed by atoms with E-state index in [-0.39, 0.29) is 24.4 Å². The Labute approximate surface area is 165 Å². The maximum atomic E-state index is 12.9. The van der Waals surface area contributed by atoms with Crippen LogP contribution in [-0.2, 0) is 4.79 Å². The molecule has 142 valence electrons. The van der Waals surface area contributed by atoms with Crippen molar-refractivity contribution in [3.63, 3.8) is 0 Å². The Kier molecular flexibility index (Phi) is 4.42. The Balaban J connectivity index is 1.55. The molecule has 1 atom stereocenters. The number of hydrogen-bond donors (Lipinski definition) is 1. The van der Waals surface area contributed by atoms with Crippen LogP contribution in [0.25, 0.3) is 10.8 Å². The summed E-state index contributed by atoms with van der Waals surface area (Å²) in [5, 5.41) is 5.01. The SMILES string of the molecule is Cc1cc(C)c(C(C)NC(=O)CN2C(=O)c3cccc4cccc2c34)cc1C. The van der Waals surface area contributed by atoms with Gasteiger partial charge in [-0.25, -0.2) is 0 Å². The number of benzene rings is 3. The number of hydrogen-bond acceptors (Lipinski definition) is 2. The molecular weight excluding hydrogens is 348 g/mol. The lowest BCUT2D eigenvalue weighted by molar-refractivity contribution is -0.120. The van der Waals surface area contributed by atoms with E-state index in [4.69, 9.17) is 0 Å². The summed E-state index contributed by atoms with van der Waals surface area (Å²) in [4.78, 5) is 27.2. The second kappa shape index (κ2) is 6.79. The van der Waals surface area contributed by atoms with Crippen molar-refractivity contribution < 1.29 is 9.59 Å². The van der Waals surface area contributed by atoms with Crippen molar-refractivity contribution in [3.8, 4) is 0 Å². The molecule has 0 radical (unpaired) electrons. The first-order valence-electron chi connectivity index (χ1n) is 9.57. The summed E-state index contributed by atoms with van der Waals surface area (Å²) in [7, 11) is 0. The molecule has 0 bridgehead atoms. The van der Waals surface area contributed by atoms with Gasteiger partial charge in [0.2, 0.25) is 5.91 Å². The largest absolute Gasteiger partial charge is 0.348 e. The van der Waals surface area contributed by atoms with Gasteiger partial charge in [0.05, 0.1) is 11.7 Å². The van der Waals surface area contributed by atoms with Gasteiger partial charge in [0, 0.05) is 10.9 Å². The molecule has 0 saturated carbocycles. The highest BCUT2D eigenvalue weighted by molar-refractivity contribution is 6.26. The third-order valence-electron chi connectivity index (χ3n) is 5.68. The highest BCUT2D eigenvalue weighted by Gasteiger charge is 2.31. The van der Waals surface area contributed by atoms with E-state index in [1.54, 1.807) is 4.90 Å². The molecule has 0 aliphatic carbocycles. The predicted octanol–water partition coefficient (Wildman–Crippen LogP) is 4.60. The normalized spacial score (nSPS) is 13.9. The second-order valence-corrected chi connectivity index (χ2v) is 7.65. The molecule has 0 spiro atoms. The Bertz CT molecular complexity index is 1110. The highest BCUT2D eigenvalue weighted by Crippen LogP contribution is 2.36. The second-order valence-electron chi connectivity index (χ2n) is 7.65. The minimum absolute atomic E-state index is 0.0147. The summed E-state index contributed by atoms with van der Waals surface area (Å²) in [6.07, 6.45) is 0. The average molecular weight is 372 g/mol. The van der Waals surface area contributed by atoms with Crippen LogP contribution in [0.15, 0.2) is 48.5 Å². The third-order valence-corrected chi connectivity index (χ3v) is 5.68. The smallest absolute Gasteiger partial charge is 0.259 e. The molecule has 1 heterocycles. The zero-order valence-electron chi connectivity index (χ0n) is 16.7. The summed E-state index contributed by atoms with van der Waals surface area (Å²) in [5.74, 6) is -0.278. The zero-order valence-corrected chi connectivity index (χ0v) is 16.7. The van der Waals surface area contributed by atoms with Gasteiger partial charge in [-0.15, -0.1) is 0 Å². The molecule has 1 unspecified atom stereocenters. The fourth-order valence-corrected chi connectivity index (χ4v) is 4.09. The first kappa shape index (κ1) is 18.2. The maximum Gasteiger partial charge on any atom is 0.259 e. The maximum absolute atomic E-state index is 12.9. The van der Waals surface area contributed by atoms with Crippen LogP contribution in [0.5, 0.6) is 0 Å². The van der Waals surface area contributed by atoms with Crippen LogP contribution in [0.2, 0.25) is 0 Å².